The van der Waals surface area contributed by atoms with Crippen LogP contribution in [0, 0.1) is 13.8 Å². The molecule has 0 unspecified atom stereocenters. The summed E-state index contributed by atoms with van der Waals surface area (Å²) in [5, 5.41) is 3.54. The van der Waals surface area contributed by atoms with Gasteiger partial charge < -0.3 is 10.2 Å². The van der Waals surface area contributed by atoms with Gasteiger partial charge in [0.25, 0.3) is 5.56 Å². The van der Waals surface area contributed by atoms with Gasteiger partial charge >= 0.3 is 0 Å². The summed E-state index contributed by atoms with van der Waals surface area (Å²) >= 11 is 1.51. The first-order valence-corrected chi connectivity index (χ1v) is 12.0. The highest BCUT2D eigenvalue weighted by molar-refractivity contribution is 7.22. The van der Waals surface area contributed by atoms with Crippen LogP contribution in [0.25, 0.3) is 20.7 Å². The van der Waals surface area contributed by atoms with E-state index in [0.717, 1.165) is 40.3 Å². The van der Waals surface area contributed by atoms with Gasteiger partial charge in [0.1, 0.15) is 11.4 Å². The molecular formula is C26H26N4O2S. The van der Waals surface area contributed by atoms with E-state index in [0.29, 0.717) is 10.2 Å². The molecule has 7 heteroatoms. The van der Waals surface area contributed by atoms with Crippen LogP contribution in [0.15, 0.2) is 59.7 Å². The Morgan fingerprint density at radius 2 is 1.85 bits per heavy atom. The predicted molar refractivity (Wildman–Crippen MR) is 135 cm³/mol. The normalized spacial score (nSPS) is 13.6. The number of amides is 1. The molecule has 1 fully saturated rings. The number of rotatable bonds is 5. The van der Waals surface area contributed by atoms with Crippen molar-refractivity contribution in [2.24, 2.45) is 0 Å². The third-order valence-electron chi connectivity index (χ3n) is 6.22. The van der Waals surface area contributed by atoms with Crippen molar-refractivity contribution in [3.63, 3.8) is 0 Å². The van der Waals surface area contributed by atoms with Crippen LogP contribution >= 0.6 is 11.3 Å². The number of anilines is 2. The summed E-state index contributed by atoms with van der Waals surface area (Å²) in [6, 6.07) is 16.1. The van der Waals surface area contributed by atoms with Crippen molar-refractivity contribution in [2.45, 2.75) is 33.2 Å². The van der Waals surface area contributed by atoms with Crippen molar-refractivity contribution < 1.29 is 4.79 Å². The fraction of sp³-hybridized carbons (Fsp3) is 0.269. The second kappa shape index (κ2) is 8.83. The highest BCUT2D eigenvalue weighted by Crippen LogP contribution is 2.35. The molecule has 33 heavy (non-hydrogen) atoms. The minimum Gasteiger partial charge on any atom is -0.372 e. The summed E-state index contributed by atoms with van der Waals surface area (Å²) in [7, 11) is 0. The van der Waals surface area contributed by atoms with Gasteiger partial charge in [-0.3, -0.25) is 14.2 Å². The lowest BCUT2D eigenvalue weighted by Gasteiger charge is -2.19. The van der Waals surface area contributed by atoms with E-state index < -0.39 is 0 Å². The molecule has 1 amide bonds. The summed E-state index contributed by atoms with van der Waals surface area (Å²) in [4.78, 5) is 34.5. The average Bonchev–Trinajstić information content (AvgIpc) is 3.46. The zero-order valence-corrected chi connectivity index (χ0v) is 19.6. The number of aromatic nitrogens is 2. The van der Waals surface area contributed by atoms with Crippen LogP contribution < -0.4 is 15.8 Å². The molecule has 0 spiro atoms. The van der Waals surface area contributed by atoms with Gasteiger partial charge in [0, 0.05) is 29.3 Å². The minimum atomic E-state index is -0.244. The SMILES string of the molecule is Cc1cc(N2CCCC2)ccc1NC(=O)Cn1cnc2sc(-c3ccccc3)c(C)c2c1=O. The zero-order chi connectivity index (χ0) is 22.9. The van der Waals surface area contributed by atoms with Gasteiger partial charge in [-0.05, 0) is 61.6 Å². The molecular weight excluding hydrogens is 432 g/mol. The van der Waals surface area contributed by atoms with E-state index in [4.69, 9.17) is 0 Å². The maximum absolute atomic E-state index is 13.2. The van der Waals surface area contributed by atoms with Crippen LogP contribution in [0.3, 0.4) is 0 Å². The number of hydrogen-bond acceptors (Lipinski definition) is 5. The standard InChI is InChI=1S/C26H26N4O2S/c1-17-14-20(29-12-6-7-13-29)10-11-21(17)28-22(31)15-30-16-27-25-23(26(30)32)18(2)24(33-25)19-8-4-3-5-9-19/h3-5,8-11,14,16H,6-7,12-13,15H2,1-2H3,(H,28,31). The lowest BCUT2D eigenvalue weighted by atomic mass is 10.1. The summed E-state index contributed by atoms with van der Waals surface area (Å²) in [6.07, 6.45) is 3.92. The third-order valence-corrected chi connectivity index (χ3v) is 7.47. The Kier molecular flexibility index (Phi) is 5.72. The lowest BCUT2D eigenvalue weighted by molar-refractivity contribution is -0.116. The molecule has 1 saturated heterocycles. The minimum absolute atomic E-state index is 0.0783. The number of aryl methyl sites for hydroxylation is 2. The fourth-order valence-corrected chi connectivity index (χ4v) is 5.59. The van der Waals surface area contributed by atoms with Crippen LogP contribution in [0.5, 0.6) is 0 Å². The molecule has 2 aromatic heterocycles. The molecule has 0 saturated carbocycles. The third kappa shape index (κ3) is 4.16. The first-order valence-electron chi connectivity index (χ1n) is 11.2. The van der Waals surface area contributed by atoms with Crippen LogP contribution in [-0.4, -0.2) is 28.5 Å². The first-order chi connectivity index (χ1) is 16.0. The number of fused-ring (bicyclic) bond motifs is 1. The van der Waals surface area contributed by atoms with Crippen molar-refractivity contribution in [1.82, 2.24) is 9.55 Å². The van der Waals surface area contributed by atoms with E-state index in [-0.39, 0.29) is 18.0 Å². The quantitative estimate of drug-likeness (QED) is 0.458. The van der Waals surface area contributed by atoms with Gasteiger partial charge in [0.15, 0.2) is 0 Å². The number of thiophene rings is 1. The number of carbonyl (C=O) groups is 1. The molecule has 1 aliphatic rings. The van der Waals surface area contributed by atoms with Gasteiger partial charge in [0.05, 0.1) is 11.7 Å². The summed E-state index contributed by atoms with van der Waals surface area (Å²) in [6.45, 7) is 6.02. The lowest BCUT2D eigenvalue weighted by Crippen LogP contribution is -2.28. The second-order valence-electron chi connectivity index (χ2n) is 8.52. The molecule has 0 aliphatic carbocycles. The first kappa shape index (κ1) is 21.4. The molecule has 0 radical (unpaired) electrons. The van der Waals surface area contributed by atoms with E-state index in [1.54, 1.807) is 0 Å². The number of benzene rings is 2. The van der Waals surface area contributed by atoms with E-state index in [2.05, 4.69) is 21.3 Å². The van der Waals surface area contributed by atoms with Crippen molar-refractivity contribution in [3.8, 4) is 10.4 Å². The fourth-order valence-electron chi connectivity index (χ4n) is 4.44. The van der Waals surface area contributed by atoms with Crippen molar-refractivity contribution in [2.75, 3.05) is 23.3 Å². The summed E-state index contributed by atoms with van der Waals surface area (Å²) < 4.78 is 1.39. The topological polar surface area (TPSA) is 67.2 Å². The van der Waals surface area contributed by atoms with Crippen molar-refractivity contribution in [1.29, 1.82) is 0 Å². The molecule has 1 N–H and O–H groups in total. The Hall–Kier alpha value is -3.45. The molecule has 5 rings (SSSR count). The molecule has 2 aromatic carbocycles. The van der Waals surface area contributed by atoms with Crippen molar-refractivity contribution in [3.05, 3.63) is 76.3 Å². The Morgan fingerprint density at radius 3 is 2.58 bits per heavy atom. The Bertz CT molecular complexity index is 1380. The molecule has 0 atom stereocenters. The molecule has 1 aliphatic heterocycles. The van der Waals surface area contributed by atoms with E-state index in [9.17, 15) is 9.59 Å². The Morgan fingerprint density at radius 1 is 1.09 bits per heavy atom. The Labute approximate surface area is 196 Å². The largest absolute Gasteiger partial charge is 0.372 e. The molecule has 0 bridgehead atoms. The zero-order valence-electron chi connectivity index (χ0n) is 18.8. The second-order valence-corrected chi connectivity index (χ2v) is 9.52. The molecule has 168 valence electrons. The number of hydrogen-bond donors (Lipinski definition) is 1. The highest BCUT2D eigenvalue weighted by atomic mass is 32.1. The Balaban J connectivity index is 1.37. The van der Waals surface area contributed by atoms with Crippen LogP contribution in [0.1, 0.15) is 24.0 Å². The number of carbonyl (C=O) groups excluding carboxylic acids is 1. The number of nitrogens with one attached hydrogen (secondary N) is 1. The smallest absolute Gasteiger partial charge is 0.262 e. The van der Waals surface area contributed by atoms with Crippen LogP contribution in [0.2, 0.25) is 0 Å². The molecule has 4 aromatic rings. The van der Waals surface area contributed by atoms with E-state index >= 15 is 0 Å². The monoisotopic (exact) mass is 458 g/mol. The van der Waals surface area contributed by atoms with Crippen molar-refractivity contribution >= 4 is 38.8 Å². The van der Waals surface area contributed by atoms with Crippen LogP contribution in [0.4, 0.5) is 11.4 Å². The predicted octanol–water partition coefficient (Wildman–Crippen LogP) is 4.98. The summed E-state index contributed by atoms with van der Waals surface area (Å²) in [5.41, 5.74) is 4.75. The van der Waals surface area contributed by atoms with Gasteiger partial charge in [-0.25, -0.2) is 4.98 Å². The van der Waals surface area contributed by atoms with Crippen LogP contribution in [-0.2, 0) is 11.3 Å². The number of nitrogens with zero attached hydrogens (tertiary/aromatic N) is 3. The van der Waals surface area contributed by atoms with Gasteiger partial charge in [-0.1, -0.05) is 30.3 Å². The van der Waals surface area contributed by atoms with Gasteiger partial charge in [-0.15, -0.1) is 11.3 Å². The molecule has 6 nitrogen and oxygen atoms in total. The van der Waals surface area contributed by atoms with E-state index in [1.807, 2.05) is 56.3 Å². The van der Waals surface area contributed by atoms with Gasteiger partial charge in [0.2, 0.25) is 5.91 Å². The summed E-state index contributed by atoms with van der Waals surface area (Å²) in [5.74, 6) is -0.244. The molecule has 3 heterocycles. The average molecular weight is 459 g/mol. The van der Waals surface area contributed by atoms with E-state index in [1.165, 1.54) is 40.8 Å². The maximum atomic E-state index is 13.2. The highest BCUT2D eigenvalue weighted by Gasteiger charge is 2.17. The maximum Gasteiger partial charge on any atom is 0.262 e. The van der Waals surface area contributed by atoms with Gasteiger partial charge in [-0.2, -0.15) is 0 Å².